The predicted molar refractivity (Wildman–Crippen MR) is 68.0 cm³/mol. The molecule has 5 nitrogen and oxygen atoms in total. The van der Waals surface area contributed by atoms with Crippen LogP contribution >= 0.6 is 0 Å². The Morgan fingerprint density at radius 1 is 1.50 bits per heavy atom. The van der Waals surface area contributed by atoms with E-state index in [-0.39, 0.29) is 12.2 Å². The van der Waals surface area contributed by atoms with Crippen LogP contribution in [-0.2, 0) is 21.2 Å². The van der Waals surface area contributed by atoms with Crippen molar-refractivity contribution in [2.75, 3.05) is 10.1 Å². The van der Waals surface area contributed by atoms with Crippen LogP contribution < -0.4 is 4.31 Å². The second kappa shape index (κ2) is 4.45. The Morgan fingerprint density at radius 3 is 2.78 bits per heavy atom. The molecule has 0 amide bonds. The van der Waals surface area contributed by atoms with E-state index in [1.54, 1.807) is 24.3 Å². The maximum absolute atomic E-state index is 12.1. The summed E-state index contributed by atoms with van der Waals surface area (Å²) in [6.45, 7) is 3.39. The summed E-state index contributed by atoms with van der Waals surface area (Å²) in [6, 6.07) is 5.77. The van der Waals surface area contributed by atoms with Crippen molar-refractivity contribution in [2.45, 2.75) is 12.5 Å². The summed E-state index contributed by atoms with van der Waals surface area (Å²) in [5.74, 6) is -1.41. The van der Waals surface area contributed by atoms with Gasteiger partial charge in [-0.25, -0.2) is 13.2 Å². The topological polar surface area (TPSA) is 74.7 Å². The van der Waals surface area contributed by atoms with Gasteiger partial charge in [-0.1, -0.05) is 24.3 Å². The summed E-state index contributed by atoms with van der Waals surface area (Å²) in [4.78, 5) is 11.2. The van der Waals surface area contributed by atoms with Crippen molar-refractivity contribution in [3.05, 3.63) is 42.5 Å². The number of carbonyl (C=O) groups is 1. The van der Waals surface area contributed by atoms with Crippen LogP contribution in [-0.4, -0.2) is 31.3 Å². The van der Waals surface area contributed by atoms with Crippen LogP contribution in [0.4, 0.5) is 5.69 Å². The molecule has 0 fully saturated rings. The number of fused-ring (bicyclic) bond motifs is 1. The van der Waals surface area contributed by atoms with Crippen molar-refractivity contribution >= 4 is 21.7 Å². The molecule has 0 saturated heterocycles. The molecular weight excluding hydrogens is 254 g/mol. The van der Waals surface area contributed by atoms with Crippen LogP contribution in [0.15, 0.2) is 36.9 Å². The van der Waals surface area contributed by atoms with Crippen molar-refractivity contribution in [3.8, 4) is 0 Å². The SMILES string of the molecule is C=CCS(=O)(=O)N1c2ccccc2CC1C(=O)O. The van der Waals surface area contributed by atoms with Crippen molar-refractivity contribution in [1.82, 2.24) is 0 Å². The molecule has 1 unspecified atom stereocenters. The number of carboxylic acids is 1. The van der Waals surface area contributed by atoms with Crippen molar-refractivity contribution in [1.29, 1.82) is 0 Å². The lowest BCUT2D eigenvalue weighted by atomic mass is 10.1. The van der Waals surface area contributed by atoms with Crippen LogP contribution in [0.5, 0.6) is 0 Å². The van der Waals surface area contributed by atoms with Gasteiger partial charge in [0, 0.05) is 6.42 Å². The van der Waals surface area contributed by atoms with Crippen LogP contribution in [0.3, 0.4) is 0 Å². The lowest BCUT2D eigenvalue weighted by Crippen LogP contribution is -2.43. The maximum atomic E-state index is 12.1. The Balaban J connectivity index is 2.53. The molecule has 1 aliphatic heterocycles. The number of aliphatic carboxylic acids is 1. The summed E-state index contributed by atoms with van der Waals surface area (Å²) in [5.41, 5.74) is 1.18. The minimum absolute atomic E-state index is 0.196. The summed E-state index contributed by atoms with van der Waals surface area (Å²) in [7, 11) is -3.68. The van der Waals surface area contributed by atoms with E-state index >= 15 is 0 Å². The number of hydrogen-bond donors (Lipinski definition) is 1. The first-order valence-electron chi connectivity index (χ1n) is 5.41. The molecule has 1 heterocycles. The van der Waals surface area contributed by atoms with Crippen molar-refractivity contribution in [3.63, 3.8) is 0 Å². The molecule has 1 aromatic rings. The first-order chi connectivity index (χ1) is 8.47. The number of rotatable bonds is 4. The van der Waals surface area contributed by atoms with E-state index in [1.807, 2.05) is 0 Å². The molecule has 0 saturated carbocycles. The zero-order valence-electron chi connectivity index (χ0n) is 9.61. The largest absolute Gasteiger partial charge is 0.480 e. The lowest BCUT2D eigenvalue weighted by Gasteiger charge is -2.23. The fraction of sp³-hybridized carbons (Fsp3) is 0.250. The zero-order chi connectivity index (χ0) is 13.3. The number of benzene rings is 1. The first kappa shape index (κ1) is 12.6. The van der Waals surface area contributed by atoms with Gasteiger partial charge in [-0.15, -0.1) is 6.58 Å². The second-order valence-electron chi connectivity index (χ2n) is 4.05. The Hall–Kier alpha value is -1.82. The summed E-state index contributed by atoms with van der Waals surface area (Å²) in [5, 5.41) is 9.16. The second-order valence-corrected chi connectivity index (χ2v) is 5.94. The molecule has 18 heavy (non-hydrogen) atoms. The highest BCUT2D eigenvalue weighted by Gasteiger charge is 2.40. The molecule has 0 aromatic heterocycles. The Labute approximate surface area is 105 Å². The van der Waals surface area contributed by atoms with Gasteiger partial charge in [0.25, 0.3) is 0 Å². The molecule has 1 aromatic carbocycles. The van der Waals surface area contributed by atoms with E-state index in [4.69, 9.17) is 5.11 Å². The average Bonchev–Trinajstić information content (AvgIpc) is 2.68. The average molecular weight is 267 g/mol. The van der Waals surface area contributed by atoms with Gasteiger partial charge in [-0.2, -0.15) is 0 Å². The molecule has 0 spiro atoms. The van der Waals surface area contributed by atoms with Crippen LogP contribution in [0.1, 0.15) is 5.56 Å². The number of para-hydroxylation sites is 1. The normalized spacial score (nSPS) is 18.4. The highest BCUT2D eigenvalue weighted by atomic mass is 32.2. The minimum Gasteiger partial charge on any atom is -0.480 e. The number of anilines is 1. The van der Waals surface area contributed by atoms with Crippen LogP contribution in [0, 0.1) is 0 Å². The molecule has 96 valence electrons. The standard InChI is InChI=1S/C12H13NO4S/c1-2-7-18(16,17)13-10-6-4-3-5-9(10)8-11(13)12(14)15/h2-6,11H,1,7-8H2,(H,14,15). The molecule has 0 aliphatic carbocycles. The fourth-order valence-corrected chi connectivity index (χ4v) is 3.61. The lowest BCUT2D eigenvalue weighted by molar-refractivity contribution is -0.138. The highest BCUT2D eigenvalue weighted by Crippen LogP contribution is 2.34. The van der Waals surface area contributed by atoms with Gasteiger partial charge in [0.15, 0.2) is 0 Å². The summed E-state index contributed by atoms with van der Waals surface area (Å²) >= 11 is 0. The monoisotopic (exact) mass is 267 g/mol. The van der Waals surface area contributed by atoms with Crippen molar-refractivity contribution < 1.29 is 18.3 Å². The Morgan fingerprint density at radius 2 is 2.17 bits per heavy atom. The molecule has 0 bridgehead atoms. The molecule has 1 atom stereocenters. The summed E-state index contributed by atoms with van der Waals surface area (Å²) in [6.07, 6.45) is 1.46. The number of nitrogens with zero attached hydrogens (tertiary/aromatic N) is 1. The number of hydrogen-bond acceptors (Lipinski definition) is 3. The van der Waals surface area contributed by atoms with Crippen LogP contribution in [0.2, 0.25) is 0 Å². The number of carboxylic acid groups (broad SMARTS) is 1. The van der Waals surface area contributed by atoms with Gasteiger partial charge in [0.2, 0.25) is 10.0 Å². The van der Waals surface area contributed by atoms with Gasteiger partial charge < -0.3 is 5.11 Å². The van der Waals surface area contributed by atoms with E-state index in [9.17, 15) is 13.2 Å². The Kier molecular flexibility index (Phi) is 3.13. The van der Waals surface area contributed by atoms with Crippen LogP contribution in [0.25, 0.3) is 0 Å². The predicted octanol–water partition coefficient (Wildman–Crippen LogP) is 1.02. The van der Waals surface area contributed by atoms with Gasteiger partial charge >= 0.3 is 5.97 Å². The van der Waals surface area contributed by atoms with E-state index in [0.29, 0.717) is 5.69 Å². The molecule has 1 N–H and O–H groups in total. The number of sulfonamides is 1. The maximum Gasteiger partial charge on any atom is 0.327 e. The molecule has 0 radical (unpaired) electrons. The Bertz CT molecular complexity index is 594. The minimum atomic E-state index is -3.68. The molecule has 2 rings (SSSR count). The first-order valence-corrected chi connectivity index (χ1v) is 7.02. The van der Waals surface area contributed by atoms with Gasteiger partial charge in [-0.05, 0) is 11.6 Å². The summed E-state index contributed by atoms with van der Waals surface area (Å²) < 4.78 is 25.2. The third-order valence-electron chi connectivity index (χ3n) is 2.84. The van der Waals surface area contributed by atoms with Gasteiger partial charge in [0.1, 0.15) is 6.04 Å². The molecule has 6 heteroatoms. The third kappa shape index (κ3) is 1.99. The van der Waals surface area contributed by atoms with Gasteiger partial charge in [-0.3, -0.25) is 4.31 Å². The quantitative estimate of drug-likeness (QED) is 0.826. The molecule has 1 aliphatic rings. The fourth-order valence-electron chi connectivity index (χ4n) is 2.12. The highest BCUT2D eigenvalue weighted by molar-refractivity contribution is 7.93. The van der Waals surface area contributed by atoms with Crippen molar-refractivity contribution in [2.24, 2.45) is 0 Å². The smallest absolute Gasteiger partial charge is 0.327 e. The van der Waals surface area contributed by atoms with E-state index in [2.05, 4.69) is 6.58 Å². The van der Waals surface area contributed by atoms with E-state index in [1.165, 1.54) is 6.08 Å². The molecular formula is C12H13NO4S. The van der Waals surface area contributed by atoms with E-state index < -0.39 is 22.0 Å². The van der Waals surface area contributed by atoms with E-state index in [0.717, 1.165) is 9.87 Å². The van der Waals surface area contributed by atoms with Gasteiger partial charge in [0.05, 0.1) is 11.4 Å². The third-order valence-corrected chi connectivity index (χ3v) is 4.55. The zero-order valence-corrected chi connectivity index (χ0v) is 10.4.